The minimum atomic E-state index is -0.331. The number of nitrogens with zero attached hydrogens (tertiary/aromatic N) is 2. The Morgan fingerprint density at radius 3 is 2.65 bits per heavy atom. The number of likely N-dealkylation sites (N-methyl/N-ethyl adjacent to an activating group) is 1. The van der Waals surface area contributed by atoms with Crippen LogP contribution in [0.25, 0.3) is 5.52 Å². The molecule has 0 N–H and O–H groups in total. The highest BCUT2D eigenvalue weighted by molar-refractivity contribution is 6.05. The molecule has 0 saturated heterocycles. The van der Waals surface area contributed by atoms with Crippen LogP contribution in [0.1, 0.15) is 17.3 Å². The standard InChI is InChI=1S/C13H15FN2O/c1-9(15(2)3)13(17)11-5-7-16-6-4-10(14)8-12(11)16/h4-9H,1-3H3. The molecule has 90 valence electrons. The van der Waals surface area contributed by atoms with E-state index in [1.165, 1.54) is 12.1 Å². The van der Waals surface area contributed by atoms with Crippen molar-refractivity contribution in [1.29, 1.82) is 0 Å². The normalized spacial score (nSPS) is 13.2. The van der Waals surface area contributed by atoms with Crippen molar-refractivity contribution in [2.24, 2.45) is 0 Å². The molecule has 0 amide bonds. The summed E-state index contributed by atoms with van der Waals surface area (Å²) in [6, 6.07) is 4.27. The summed E-state index contributed by atoms with van der Waals surface area (Å²) >= 11 is 0. The molecule has 0 aliphatic carbocycles. The topological polar surface area (TPSA) is 24.7 Å². The second kappa shape index (κ2) is 4.30. The predicted molar refractivity (Wildman–Crippen MR) is 64.8 cm³/mol. The Bertz CT molecular complexity index is 560. The molecule has 0 fully saturated rings. The van der Waals surface area contributed by atoms with Gasteiger partial charge >= 0.3 is 0 Å². The zero-order chi connectivity index (χ0) is 12.6. The minimum absolute atomic E-state index is 0.00287. The molecule has 0 bridgehead atoms. The first-order chi connectivity index (χ1) is 8.00. The zero-order valence-electron chi connectivity index (χ0n) is 10.1. The molecule has 2 aromatic heterocycles. The largest absolute Gasteiger partial charge is 0.323 e. The lowest BCUT2D eigenvalue weighted by Gasteiger charge is -2.17. The fraction of sp³-hybridized carbons (Fsp3) is 0.308. The van der Waals surface area contributed by atoms with Gasteiger partial charge < -0.3 is 4.40 Å². The van der Waals surface area contributed by atoms with Crippen LogP contribution < -0.4 is 0 Å². The Morgan fingerprint density at radius 2 is 2.00 bits per heavy atom. The molecule has 0 radical (unpaired) electrons. The van der Waals surface area contributed by atoms with Crippen molar-refractivity contribution in [2.45, 2.75) is 13.0 Å². The van der Waals surface area contributed by atoms with Gasteiger partial charge in [-0.3, -0.25) is 9.69 Å². The maximum absolute atomic E-state index is 13.2. The van der Waals surface area contributed by atoms with E-state index < -0.39 is 0 Å². The lowest BCUT2D eigenvalue weighted by Crippen LogP contribution is -2.32. The second-order valence-corrected chi connectivity index (χ2v) is 4.37. The van der Waals surface area contributed by atoms with Crippen LogP contribution in [0, 0.1) is 5.82 Å². The van der Waals surface area contributed by atoms with Gasteiger partial charge in [-0.2, -0.15) is 0 Å². The number of carbonyl (C=O) groups is 1. The third-order valence-electron chi connectivity index (χ3n) is 3.04. The highest BCUT2D eigenvalue weighted by atomic mass is 19.1. The molecule has 2 heterocycles. The second-order valence-electron chi connectivity index (χ2n) is 4.37. The van der Waals surface area contributed by atoms with Crippen LogP contribution in [0.5, 0.6) is 0 Å². The summed E-state index contributed by atoms with van der Waals surface area (Å²) in [6.45, 7) is 1.84. The van der Waals surface area contributed by atoms with E-state index in [4.69, 9.17) is 0 Å². The Hall–Kier alpha value is -1.68. The van der Waals surface area contributed by atoms with E-state index in [9.17, 15) is 9.18 Å². The number of pyridine rings is 1. The van der Waals surface area contributed by atoms with E-state index in [2.05, 4.69) is 0 Å². The fourth-order valence-electron chi connectivity index (χ4n) is 1.74. The van der Waals surface area contributed by atoms with Gasteiger partial charge in [0.05, 0.1) is 11.6 Å². The maximum Gasteiger partial charge on any atom is 0.181 e. The van der Waals surface area contributed by atoms with Gasteiger partial charge in [0.15, 0.2) is 5.78 Å². The SMILES string of the molecule is CC(C(=O)c1ccn2ccc(F)cc12)N(C)C. The monoisotopic (exact) mass is 234 g/mol. The Morgan fingerprint density at radius 1 is 1.35 bits per heavy atom. The van der Waals surface area contributed by atoms with Crippen molar-refractivity contribution in [2.75, 3.05) is 14.1 Å². The zero-order valence-corrected chi connectivity index (χ0v) is 10.1. The Kier molecular flexibility index (Phi) is 2.98. The van der Waals surface area contributed by atoms with Gasteiger partial charge in [-0.1, -0.05) is 0 Å². The van der Waals surface area contributed by atoms with Gasteiger partial charge in [0.2, 0.25) is 0 Å². The molecule has 1 atom stereocenters. The molecule has 4 heteroatoms. The lowest BCUT2D eigenvalue weighted by atomic mass is 10.1. The van der Waals surface area contributed by atoms with Crippen molar-refractivity contribution >= 4 is 11.3 Å². The summed E-state index contributed by atoms with van der Waals surface area (Å²) in [5.74, 6) is -0.328. The van der Waals surface area contributed by atoms with E-state index in [-0.39, 0.29) is 17.6 Å². The van der Waals surface area contributed by atoms with Crippen LogP contribution in [-0.2, 0) is 0 Å². The van der Waals surface area contributed by atoms with Crippen LogP contribution in [0.3, 0.4) is 0 Å². The molecule has 1 unspecified atom stereocenters. The summed E-state index contributed by atoms with van der Waals surface area (Å²) in [4.78, 5) is 14.0. The third kappa shape index (κ3) is 2.08. The minimum Gasteiger partial charge on any atom is -0.323 e. The molecular weight excluding hydrogens is 219 g/mol. The molecule has 2 aromatic rings. The average Bonchev–Trinajstić information content (AvgIpc) is 2.69. The number of ketones is 1. The van der Waals surface area contributed by atoms with Crippen LogP contribution in [0.4, 0.5) is 4.39 Å². The average molecular weight is 234 g/mol. The number of rotatable bonds is 3. The molecule has 0 spiro atoms. The molecule has 3 nitrogen and oxygen atoms in total. The molecule has 0 aliphatic rings. The van der Waals surface area contributed by atoms with Crippen LogP contribution in [-0.4, -0.2) is 35.2 Å². The first-order valence-corrected chi connectivity index (χ1v) is 5.47. The summed E-state index contributed by atoms with van der Waals surface area (Å²) in [5.41, 5.74) is 1.18. The van der Waals surface area contributed by atoms with Crippen LogP contribution >= 0.6 is 0 Å². The molecule has 2 rings (SSSR count). The number of fused-ring (bicyclic) bond motifs is 1. The summed E-state index contributed by atoms with van der Waals surface area (Å²) in [5, 5.41) is 0. The quantitative estimate of drug-likeness (QED) is 0.761. The number of aromatic nitrogens is 1. The van der Waals surface area contributed by atoms with Crippen LogP contribution in [0.15, 0.2) is 30.6 Å². The first kappa shape index (κ1) is 11.8. The number of hydrogen-bond acceptors (Lipinski definition) is 2. The van der Waals surface area contributed by atoms with Crippen molar-refractivity contribution in [3.8, 4) is 0 Å². The fourth-order valence-corrected chi connectivity index (χ4v) is 1.74. The van der Waals surface area contributed by atoms with Gasteiger partial charge in [0.1, 0.15) is 5.82 Å². The number of carbonyl (C=O) groups excluding carboxylic acids is 1. The summed E-state index contributed by atoms with van der Waals surface area (Å²) in [6.07, 6.45) is 3.38. The molecule has 0 saturated carbocycles. The van der Waals surface area contributed by atoms with Gasteiger partial charge in [0.25, 0.3) is 0 Å². The van der Waals surface area contributed by atoms with Crippen molar-refractivity contribution < 1.29 is 9.18 Å². The number of hydrogen-bond donors (Lipinski definition) is 0. The molecule has 17 heavy (non-hydrogen) atoms. The first-order valence-electron chi connectivity index (χ1n) is 5.47. The molecule has 0 aromatic carbocycles. The van der Waals surface area contributed by atoms with Crippen molar-refractivity contribution in [1.82, 2.24) is 9.30 Å². The smallest absolute Gasteiger partial charge is 0.181 e. The lowest BCUT2D eigenvalue weighted by molar-refractivity contribution is 0.0892. The van der Waals surface area contributed by atoms with E-state index in [0.29, 0.717) is 11.1 Å². The third-order valence-corrected chi connectivity index (χ3v) is 3.04. The van der Waals surface area contributed by atoms with Crippen molar-refractivity contribution in [3.63, 3.8) is 0 Å². The maximum atomic E-state index is 13.2. The summed E-state index contributed by atoms with van der Waals surface area (Å²) in [7, 11) is 3.70. The Labute approximate surface area is 99.5 Å². The Balaban J connectivity index is 2.49. The van der Waals surface area contributed by atoms with Crippen LogP contribution in [0.2, 0.25) is 0 Å². The van der Waals surface area contributed by atoms with Crippen molar-refractivity contribution in [3.05, 3.63) is 42.0 Å². The predicted octanol–water partition coefficient (Wildman–Crippen LogP) is 2.21. The van der Waals surface area contributed by atoms with Gasteiger partial charge in [-0.15, -0.1) is 0 Å². The molecule has 0 aliphatic heterocycles. The van der Waals surface area contributed by atoms with E-state index in [0.717, 1.165) is 0 Å². The van der Waals surface area contributed by atoms with Gasteiger partial charge in [0, 0.05) is 18.0 Å². The van der Waals surface area contributed by atoms with E-state index >= 15 is 0 Å². The number of Topliss-reactive ketones (excluding diaryl/α,β-unsaturated/α-hetero) is 1. The van der Waals surface area contributed by atoms with E-state index in [1.54, 1.807) is 22.9 Å². The molecular formula is C13H15FN2O. The highest BCUT2D eigenvalue weighted by Gasteiger charge is 2.20. The van der Waals surface area contributed by atoms with Gasteiger partial charge in [-0.05, 0) is 39.2 Å². The number of halogens is 1. The highest BCUT2D eigenvalue weighted by Crippen LogP contribution is 2.17. The van der Waals surface area contributed by atoms with E-state index in [1.807, 2.05) is 25.9 Å². The summed E-state index contributed by atoms with van der Waals surface area (Å²) < 4.78 is 14.9. The van der Waals surface area contributed by atoms with Gasteiger partial charge in [-0.25, -0.2) is 4.39 Å².